The summed E-state index contributed by atoms with van der Waals surface area (Å²) in [5.41, 5.74) is 0. The second kappa shape index (κ2) is 5.03. The Morgan fingerprint density at radius 1 is 1.57 bits per heavy atom. The molecule has 0 atom stereocenters. The summed E-state index contributed by atoms with van der Waals surface area (Å²) in [6.07, 6.45) is 9.49. The second-order valence-electron chi connectivity index (χ2n) is 0.882. The van der Waals surface area contributed by atoms with Gasteiger partial charge in [0.1, 0.15) is 6.61 Å². The van der Waals surface area contributed by atoms with E-state index in [4.69, 9.17) is 0 Å². The molecule has 0 aliphatic carbocycles. The highest BCUT2D eigenvalue weighted by atomic mass is 16.5. The molecule has 1 rings (SSSR count). The Hall–Kier alpha value is -0.970. The zero-order valence-corrected chi connectivity index (χ0v) is 4.00. The average molecular weight is 97.1 g/mol. The van der Waals surface area contributed by atoms with Crippen molar-refractivity contribution in [2.45, 2.75) is 0 Å². The summed E-state index contributed by atoms with van der Waals surface area (Å²) in [5.74, 6) is 0. The van der Waals surface area contributed by atoms with E-state index in [0.29, 0.717) is 0 Å². The lowest BCUT2D eigenvalue weighted by molar-refractivity contribution is 0.361. The molecule has 1 aliphatic heterocycles. The van der Waals surface area contributed by atoms with Crippen molar-refractivity contribution in [3.63, 3.8) is 0 Å². The molecule has 0 bridgehead atoms. The summed E-state index contributed by atoms with van der Waals surface area (Å²) >= 11 is 0. The van der Waals surface area contributed by atoms with Gasteiger partial charge in [-0.1, -0.05) is 0 Å². The van der Waals surface area contributed by atoms with Gasteiger partial charge in [-0.2, -0.15) is 0 Å². The van der Waals surface area contributed by atoms with Gasteiger partial charge in [0.05, 0.1) is 6.54 Å². The Morgan fingerprint density at radius 3 is 2.43 bits per heavy atom. The fourth-order valence-corrected chi connectivity index (χ4v) is 0.264. The first-order chi connectivity index (χ1) is 3.50. The van der Waals surface area contributed by atoms with Crippen LogP contribution in [0, 0.1) is 12.8 Å². The summed E-state index contributed by atoms with van der Waals surface area (Å²) in [4.78, 5) is 3.74. The molecule has 0 aromatic carbocycles. The normalized spacial score (nSPS) is 14.0. The fraction of sp³-hybridized carbons (Fsp3) is 0.400. The first-order valence-corrected chi connectivity index (χ1v) is 1.93. The lowest BCUT2D eigenvalue weighted by Crippen LogP contribution is -1.80. The molecule has 1 aliphatic rings. The molecule has 0 fully saturated rings. The van der Waals surface area contributed by atoms with E-state index in [1.807, 2.05) is 0 Å². The Morgan fingerprint density at radius 2 is 2.29 bits per heavy atom. The van der Waals surface area contributed by atoms with Crippen molar-refractivity contribution in [2.24, 2.45) is 4.99 Å². The zero-order chi connectivity index (χ0) is 5.54. The van der Waals surface area contributed by atoms with Crippen molar-refractivity contribution in [2.75, 3.05) is 13.2 Å². The van der Waals surface area contributed by atoms with Crippen molar-refractivity contribution < 1.29 is 4.74 Å². The molecular formula is C5H7NO. The third kappa shape index (κ3) is 2.84. The van der Waals surface area contributed by atoms with Crippen LogP contribution in [0.25, 0.3) is 0 Å². The van der Waals surface area contributed by atoms with Crippen LogP contribution in [0.3, 0.4) is 0 Å². The Kier molecular flexibility index (Phi) is 4.33. The largest absolute Gasteiger partial charge is 0.482 e. The van der Waals surface area contributed by atoms with Gasteiger partial charge in [-0.3, -0.25) is 4.99 Å². The Balaban J connectivity index is 0.000000162. The molecule has 7 heavy (non-hydrogen) atoms. The molecular weight excluding hydrogens is 90.1 g/mol. The molecule has 0 spiro atoms. The lowest BCUT2D eigenvalue weighted by atomic mass is 10.8. The smallest absolute Gasteiger partial charge is 0.169 e. The minimum absolute atomic E-state index is 0.778. The maximum absolute atomic E-state index is 4.65. The van der Waals surface area contributed by atoms with Gasteiger partial charge in [-0.25, -0.2) is 0 Å². The summed E-state index contributed by atoms with van der Waals surface area (Å²) in [6.45, 7) is 1.62. The molecule has 0 unspecified atom stereocenters. The number of ether oxygens (including phenoxy) is 1. The molecule has 0 amide bonds. The van der Waals surface area contributed by atoms with Gasteiger partial charge < -0.3 is 4.74 Å². The SMILES string of the molecule is C#C.C1=NCCO1. The van der Waals surface area contributed by atoms with Crippen molar-refractivity contribution >= 4 is 6.40 Å². The molecule has 2 heteroatoms. The van der Waals surface area contributed by atoms with Crippen LogP contribution in [0.15, 0.2) is 4.99 Å². The van der Waals surface area contributed by atoms with Crippen LogP contribution < -0.4 is 0 Å². The van der Waals surface area contributed by atoms with Gasteiger partial charge in [0.25, 0.3) is 0 Å². The zero-order valence-electron chi connectivity index (χ0n) is 4.00. The molecule has 0 saturated heterocycles. The highest BCUT2D eigenvalue weighted by Crippen LogP contribution is 1.78. The summed E-state index contributed by atoms with van der Waals surface area (Å²) in [6, 6.07) is 0. The summed E-state index contributed by atoms with van der Waals surface area (Å²) < 4.78 is 4.65. The topological polar surface area (TPSA) is 21.6 Å². The third-order valence-corrected chi connectivity index (χ3v) is 0.487. The average Bonchev–Trinajstić information content (AvgIpc) is 2.23. The number of rotatable bonds is 0. The molecule has 0 aromatic rings. The minimum Gasteiger partial charge on any atom is -0.482 e. The van der Waals surface area contributed by atoms with E-state index in [9.17, 15) is 0 Å². The molecule has 2 nitrogen and oxygen atoms in total. The first-order valence-electron chi connectivity index (χ1n) is 1.93. The highest BCUT2D eigenvalue weighted by molar-refractivity contribution is 5.47. The highest BCUT2D eigenvalue weighted by Gasteiger charge is 1.84. The predicted molar refractivity (Wildman–Crippen MR) is 29.2 cm³/mol. The lowest BCUT2D eigenvalue weighted by Gasteiger charge is -1.76. The van der Waals surface area contributed by atoms with E-state index in [1.165, 1.54) is 6.40 Å². The van der Waals surface area contributed by atoms with E-state index < -0.39 is 0 Å². The van der Waals surface area contributed by atoms with Gasteiger partial charge in [0.2, 0.25) is 0 Å². The molecule has 0 radical (unpaired) electrons. The van der Waals surface area contributed by atoms with Gasteiger partial charge in [-0.15, -0.1) is 12.8 Å². The third-order valence-electron chi connectivity index (χ3n) is 0.487. The van der Waals surface area contributed by atoms with Crippen molar-refractivity contribution in [1.29, 1.82) is 0 Å². The Labute approximate surface area is 43.2 Å². The minimum atomic E-state index is 0.778. The second-order valence-corrected chi connectivity index (χ2v) is 0.882. The van der Waals surface area contributed by atoms with Crippen LogP contribution in [-0.2, 0) is 4.74 Å². The van der Waals surface area contributed by atoms with E-state index in [0.717, 1.165) is 13.2 Å². The van der Waals surface area contributed by atoms with Crippen LogP contribution in [0.2, 0.25) is 0 Å². The fourth-order valence-electron chi connectivity index (χ4n) is 0.264. The van der Waals surface area contributed by atoms with Crippen LogP contribution in [-0.4, -0.2) is 19.6 Å². The van der Waals surface area contributed by atoms with E-state index in [-0.39, 0.29) is 0 Å². The van der Waals surface area contributed by atoms with Crippen molar-refractivity contribution in [1.82, 2.24) is 0 Å². The maximum Gasteiger partial charge on any atom is 0.169 e. The van der Waals surface area contributed by atoms with Gasteiger partial charge in [0.15, 0.2) is 6.40 Å². The van der Waals surface area contributed by atoms with E-state index in [1.54, 1.807) is 0 Å². The molecule has 0 N–H and O–H groups in total. The van der Waals surface area contributed by atoms with E-state index >= 15 is 0 Å². The quantitative estimate of drug-likeness (QED) is 0.398. The molecule has 38 valence electrons. The number of hydrogen-bond donors (Lipinski definition) is 0. The Bertz CT molecular complexity index is 69.4. The standard InChI is InChI=1S/C3H5NO.C2H2/c1-2-5-3-4-1;1-2/h3H,1-2H2;1-2H. The van der Waals surface area contributed by atoms with Crippen molar-refractivity contribution in [3.05, 3.63) is 0 Å². The summed E-state index contributed by atoms with van der Waals surface area (Å²) in [5, 5.41) is 0. The van der Waals surface area contributed by atoms with Crippen molar-refractivity contribution in [3.8, 4) is 12.8 Å². The van der Waals surface area contributed by atoms with Crippen LogP contribution in [0.5, 0.6) is 0 Å². The van der Waals surface area contributed by atoms with Gasteiger partial charge >= 0.3 is 0 Å². The molecule has 1 heterocycles. The van der Waals surface area contributed by atoms with E-state index in [2.05, 4.69) is 22.6 Å². The summed E-state index contributed by atoms with van der Waals surface area (Å²) in [7, 11) is 0. The maximum atomic E-state index is 4.65. The number of nitrogens with zero attached hydrogens (tertiary/aromatic N) is 1. The van der Waals surface area contributed by atoms with Gasteiger partial charge in [0, 0.05) is 0 Å². The van der Waals surface area contributed by atoms with Crippen LogP contribution in [0.4, 0.5) is 0 Å². The number of terminal acetylenes is 1. The number of hydrogen-bond acceptors (Lipinski definition) is 2. The van der Waals surface area contributed by atoms with Crippen LogP contribution in [0.1, 0.15) is 0 Å². The van der Waals surface area contributed by atoms with Crippen LogP contribution >= 0.6 is 0 Å². The van der Waals surface area contributed by atoms with Gasteiger partial charge in [-0.05, 0) is 0 Å². The molecule has 0 aromatic heterocycles. The monoisotopic (exact) mass is 97.1 g/mol. The first kappa shape index (κ1) is 6.03. The predicted octanol–water partition coefficient (Wildman–Crippen LogP) is 0.294. The molecule has 0 saturated carbocycles. The number of aliphatic imine (C=N–C) groups is 1.